The fraction of sp³-hybridized carbons (Fsp3) is 0.640. The lowest BCUT2D eigenvalue weighted by atomic mass is 10.1. The molecule has 2 aliphatic heterocycles. The van der Waals surface area contributed by atoms with E-state index >= 15 is 0 Å². The van der Waals surface area contributed by atoms with Gasteiger partial charge in [0.25, 0.3) is 5.56 Å². The molecular formula is C25H36N6O3S. The van der Waals surface area contributed by atoms with Gasteiger partial charge in [-0.05, 0) is 64.1 Å². The summed E-state index contributed by atoms with van der Waals surface area (Å²) in [6.07, 6.45) is 10.3. The third kappa shape index (κ3) is 5.15. The summed E-state index contributed by atoms with van der Waals surface area (Å²) in [4.78, 5) is 24.2. The number of anilines is 1. The highest BCUT2D eigenvalue weighted by Gasteiger charge is 2.29. The number of likely N-dealkylation sites (tertiary alicyclic amines) is 1. The van der Waals surface area contributed by atoms with Gasteiger partial charge in [-0.2, -0.15) is 9.29 Å². The van der Waals surface area contributed by atoms with Gasteiger partial charge in [-0.15, -0.1) is 0 Å². The first kappa shape index (κ1) is 24.4. The van der Waals surface area contributed by atoms with E-state index in [1.54, 1.807) is 22.6 Å². The zero-order valence-corrected chi connectivity index (χ0v) is 21.5. The van der Waals surface area contributed by atoms with E-state index in [1.807, 2.05) is 17.7 Å². The number of rotatable bonds is 6. The van der Waals surface area contributed by atoms with Crippen LogP contribution in [-0.4, -0.2) is 70.9 Å². The zero-order valence-electron chi connectivity index (χ0n) is 20.6. The average molecular weight is 501 g/mol. The Morgan fingerprint density at radius 2 is 1.86 bits per heavy atom. The standard InChI is InChI=1S/C25H36N6O3S/c1-18-5-3-7-22(18)31-23(32)9-8-19-17-26-25(28-24(19)31)27-20-10-14-30(15-11-20)35(33,34)16-12-21-6-4-13-29(21)2/h8-9,12,16-18,20-22H,3-7,10-11,13-15H2,1-2H3,(H,26,27,28)/b16-12+. The van der Waals surface area contributed by atoms with E-state index in [1.165, 1.54) is 5.41 Å². The molecule has 3 atom stereocenters. The number of likely N-dealkylation sites (N-methyl/N-ethyl adjacent to an activating group) is 1. The molecule has 0 bridgehead atoms. The third-order valence-corrected chi connectivity index (χ3v) is 9.60. The molecule has 0 radical (unpaired) electrons. The van der Waals surface area contributed by atoms with E-state index in [0.29, 0.717) is 43.4 Å². The Bertz CT molecular complexity index is 1250. The monoisotopic (exact) mass is 500 g/mol. The van der Waals surface area contributed by atoms with Gasteiger partial charge in [-0.1, -0.05) is 19.4 Å². The fourth-order valence-corrected chi connectivity index (χ4v) is 7.10. The number of fused-ring (bicyclic) bond motifs is 1. The molecule has 2 aromatic heterocycles. The quantitative estimate of drug-likeness (QED) is 0.651. The van der Waals surface area contributed by atoms with Crippen molar-refractivity contribution in [3.63, 3.8) is 0 Å². The number of hydrogen-bond acceptors (Lipinski definition) is 7. The first-order valence-electron chi connectivity index (χ1n) is 12.9. The Morgan fingerprint density at radius 1 is 1.06 bits per heavy atom. The van der Waals surface area contributed by atoms with Crippen LogP contribution in [0.1, 0.15) is 57.9 Å². The van der Waals surface area contributed by atoms with E-state index < -0.39 is 10.0 Å². The number of sulfonamides is 1. The molecule has 3 aliphatic rings. The molecule has 0 amide bonds. The molecule has 190 valence electrons. The number of nitrogens with one attached hydrogen (secondary N) is 1. The summed E-state index contributed by atoms with van der Waals surface area (Å²) in [5.41, 5.74) is 0.659. The Labute approximate surface area is 207 Å². The SMILES string of the molecule is CC1CCCC1n1c(=O)ccc2cnc(NC3CCN(S(=O)(=O)/C=C/C4CCCN4C)CC3)nc21. The molecule has 0 spiro atoms. The maximum atomic E-state index is 12.8. The lowest BCUT2D eigenvalue weighted by Gasteiger charge is -2.31. The summed E-state index contributed by atoms with van der Waals surface area (Å²) < 4.78 is 29.1. The Morgan fingerprint density at radius 3 is 2.54 bits per heavy atom. The highest BCUT2D eigenvalue weighted by atomic mass is 32.2. The highest BCUT2D eigenvalue weighted by molar-refractivity contribution is 7.92. The number of aromatic nitrogens is 3. The molecular weight excluding hydrogens is 464 g/mol. The van der Waals surface area contributed by atoms with Crippen molar-refractivity contribution in [2.75, 3.05) is 32.0 Å². The van der Waals surface area contributed by atoms with Crippen LogP contribution in [0.3, 0.4) is 0 Å². The van der Waals surface area contributed by atoms with Crippen molar-refractivity contribution in [3.05, 3.63) is 40.2 Å². The molecule has 5 rings (SSSR count). The van der Waals surface area contributed by atoms with Gasteiger partial charge in [0.1, 0.15) is 5.65 Å². The van der Waals surface area contributed by atoms with Gasteiger partial charge in [0.05, 0.1) is 0 Å². The van der Waals surface area contributed by atoms with Gasteiger partial charge in [0.2, 0.25) is 16.0 Å². The summed E-state index contributed by atoms with van der Waals surface area (Å²) in [6, 6.07) is 3.85. The molecule has 0 aromatic carbocycles. The van der Waals surface area contributed by atoms with Crippen molar-refractivity contribution in [3.8, 4) is 0 Å². The molecule has 1 saturated carbocycles. The van der Waals surface area contributed by atoms with Gasteiger partial charge >= 0.3 is 0 Å². The van der Waals surface area contributed by atoms with Gasteiger partial charge < -0.3 is 5.32 Å². The Balaban J connectivity index is 1.26. The number of nitrogens with zero attached hydrogens (tertiary/aromatic N) is 5. The molecule has 3 unspecified atom stereocenters. The van der Waals surface area contributed by atoms with Gasteiger partial charge in [-0.3, -0.25) is 14.3 Å². The van der Waals surface area contributed by atoms with Crippen molar-refractivity contribution >= 4 is 27.0 Å². The van der Waals surface area contributed by atoms with Crippen molar-refractivity contribution in [1.29, 1.82) is 0 Å². The van der Waals surface area contributed by atoms with Crippen LogP contribution in [0.25, 0.3) is 11.0 Å². The second kappa shape index (κ2) is 9.99. The molecule has 1 aliphatic carbocycles. The predicted octanol–water partition coefficient (Wildman–Crippen LogP) is 2.97. The first-order valence-corrected chi connectivity index (χ1v) is 14.4. The lowest BCUT2D eigenvalue weighted by Crippen LogP contribution is -2.42. The van der Waals surface area contributed by atoms with E-state index in [4.69, 9.17) is 4.98 Å². The van der Waals surface area contributed by atoms with Gasteiger partial charge in [0.15, 0.2) is 0 Å². The molecule has 10 heteroatoms. The van der Waals surface area contributed by atoms with Crippen LogP contribution in [-0.2, 0) is 10.0 Å². The average Bonchev–Trinajstić information content (AvgIpc) is 3.45. The summed E-state index contributed by atoms with van der Waals surface area (Å²) in [7, 11) is -1.38. The fourth-order valence-electron chi connectivity index (χ4n) is 5.83. The van der Waals surface area contributed by atoms with Crippen molar-refractivity contribution < 1.29 is 8.42 Å². The number of hydrogen-bond donors (Lipinski definition) is 1. The molecule has 9 nitrogen and oxygen atoms in total. The summed E-state index contributed by atoms with van der Waals surface area (Å²) in [5, 5.41) is 5.64. The number of piperidine rings is 1. The topological polar surface area (TPSA) is 100 Å². The van der Waals surface area contributed by atoms with E-state index in [0.717, 1.165) is 44.0 Å². The van der Waals surface area contributed by atoms with Crippen molar-refractivity contribution in [1.82, 2.24) is 23.7 Å². The number of pyridine rings is 1. The summed E-state index contributed by atoms with van der Waals surface area (Å²) in [5.74, 6) is 0.937. The summed E-state index contributed by atoms with van der Waals surface area (Å²) >= 11 is 0. The van der Waals surface area contributed by atoms with Crippen LogP contribution in [0.5, 0.6) is 0 Å². The molecule has 35 heavy (non-hydrogen) atoms. The van der Waals surface area contributed by atoms with E-state index in [-0.39, 0.29) is 23.7 Å². The van der Waals surface area contributed by atoms with Crippen LogP contribution in [0, 0.1) is 5.92 Å². The lowest BCUT2D eigenvalue weighted by molar-refractivity contribution is 0.332. The third-order valence-electron chi connectivity index (χ3n) is 8.01. The smallest absolute Gasteiger partial charge is 0.252 e. The van der Waals surface area contributed by atoms with Crippen LogP contribution in [0.15, 0.2) is 34.6 Å². The van der Waals surface area contributed by atoms with Crippen LogP contribution >= 0.6 is 0 Å². The minimum absolute atomic E-state index is 0.0173. The molecule has 3 fully saturated rings. The Hall–Kier alpha value is -2.30. The van der Waals surface area contributed by atoms with Crippen LogP contribution in [0.4, 0.5) is 5.95 Å². The van der Waals surface area contributed by atoms with Gasteiger partial charge in [-0.25, -0.2) is 13.4 Å². The van der Waals surface area contributed by atoms with E-state index in [9.17, 15) is 13.2 Å². The predicted molar refractivity (Wildman–Crippen MR) is 138 cm³/mol. The minimum Gasteiger partial charge on any atom is -0.351 e. The second-order valence-electron chi connectivity index (χ2n) is 10.4. The van der Waals surface area contributed by atoms with Gasteiger partial charge in [0, 0.05) is 54.3 Å². The van der Waals surface area contributed by atoms with Crippen LogP contribution in [0.2, 0.25) is 0 Å². The minimum atomic E-state index is -3.42. The first-order chi connectivity index (χ1) is 16.8. The normalized spacial score (nSPS) is 27.3. The molecule has 4 heterocycles. The largest absolute Gasteiger partial charge is 0.351 e. The second-order valence-corrected chi connectivity index (χ2v) is 12.2. The van der Waals surface area contributed by atoms with Crippen molar-refractivity contribution in [2.24, 2.45) is 5.92 Å². The highest BCUT2D eigenvalue weighted by Crippen LogP contribution is 2.35. The Kier molecular flexibility index (Phi) is 6.96. The van der Waals surface area contributed by atoms with Crippen molar-refractivity contribution in [2.45, 2.75) is 70.0 Å². The molecule has 2 aromatic rings. The maximum absolute atomic E-state index is 12.8. The van der Waals surface area contributed by atoms with Crippen LogP contribution < -0.4 is 10.9 Å². The van der Waals surface area contributed by atoms with E-state index in [2.05, 4.69) is 22.1 Å². The molecule has 1 N–H and O–H groups in total. The molecule has 2 saturated heterocycles. The maximum Gasteiger partial charge on any atom is 0.252 e. The summed E-state index contributed by atoms with van der Waals surface area (Å²) in [6.45, 7) is 4.14. The zero-order chi connectivity index (χ0) is 24.6.